The molecule has 0 unspecified atom stereocenters. The first kappa shape index (κ1) is 17.1. The first-order valence-corrected chi connectivity index (χ1v) is 8.51. The molecule has 1 aliphatic heterocycles. The number of carbonyl (C=O) groups excluding carboxylic acids is 1. The lowest BCUT2D eigenvalue weighted by atomic mass is 9.93. The third kappa shape index (κ3) is 4.04. The summed E-state index contributed by atoms with van der Waals surface area (Å²) in [5.41, 5.74) is 2.50. The molecule has 1 aromatic heterocycles. The highest BCUT2D eigenvalue weighted by atomic mass is 16.4. The summed E-state index contributed by atoms with van der Waals surface area (Å²) in [6, 6.07) is 5.57. The van der Waals surface area contributed by atoms with E-state index in [9.17, 15) is 9.59 Å². The summed E-state index contributed by atoms with van der Waals surface area (Å²) >= 11 is 0. The second-order valence-electron chi connectivity index (χ2n) is 6.53. The van der Waals surface area contributed by atoms with Crippen LogP contribution in [0.15, 0.2) is 30.9 Å². The molecule has 25 heavy (non-hydrogen) atoms. The van der Waals surface area contributed by atoms with Crippen LogP contribution in [0.3, 0.4) is 0 Å². The Bertz CT molecular complexity index is 758. The molecule has 7 nitrogen and oxygen atoms in total. The van der Waals surface area contributed by atoms with Gasteiger partial charge in [-0.05, 0) is 55.9 Å². The molecule has 0 saturated carbocycles. The zero-order valence-electron chi connectivity index (χ0n) is 14.3. The second kappa shape index (κ2) is 7.46. The van der Waals surface area contributed by atoms with Gasteiger partial charge in [0.25, 0.3) is 5.91 Å². The zero-order valence-corrected chi connectivity index (χ0v) is 14.3. The Morgan fingerprint density at radius 2 is 2.20 bits per heavy atom. The zero-order chi connectivity index (χ0) is 17.8. The van der Waals surface area contributed by atoms with Gasteiger partial charge in [0.15, 0.2) is 0 Å². The molecule has 1 N–H and O–H groups in total. The van der Waals surface area contributed by atoms with Gasteiger partial charge in [-0.2, -0.15) is 5.10 Å². The average Bonchev–Trinajstić information content (AvgIpc) is 3.14. The van der Waals surface area contributed by atoms with Gasteiger partial charge in [-0.15, -0.1) is 0 Å². The molecule has 0 spiro atoms. The van der Waals surface area contributed by atoms with Crippen LogP contribution in [0.25, 0.3) is 5.69 Å². The lowest BCUT2D eigenvalue weighted by Gasteiger charge is -2.32. The summed E-state index contributed by atoms with van der Waals surface area (Å²) in [6.45, 7) is 3.31. The van der Waals surface area contributed by atoms with Crippen molar-refractivity contribution in [2.24, 2.45) is 5.92 Å². The SMILES string of the molecule is Cc1cc(C(=O)N2CCC[C@@H](CCC(=O)O)C2)ccc1-n1cncn1. The van der Waals surface area contributed by atoms with Gasteiger partial charge < -0.3 is 10.0 Å². The number of amides is 1. The molecule has 7 heteroatoms. The van der Waals surface area contributed by atoms with Crippen molar-refractivity contribution in [3.63, 3.8) is 0 Å². The minimum Gasteiger partial charge on any atom is -0.481 e. The predicted molar refractivity (Wildman–Crippen MR) is 91.6 cm³/mol. The van der Waals surface area contributed by atoms with Crippen molar-refractivity contribution >= 4 is 11.9 Å². The minimum absolute atomic E-state index is 0.00765. The molecule has 3 rings (SSSR count). The Labute approximate surface area is 146 Å². The monoisotopic (exact) mass is 342 g/mol. The molecule has 0 radical (unpaired) electrons. The highest BCUT2D eigenvalue weighted by Crippen LogP contribution is 2.23. The third-order valence-electron chi connectivity index (χ3n) is 4.68. The van der Waals surface area contributed by atoms with Crippen LogP contribution in [-0.4, -0.2) is 49.7 Å². The van der Waals surface area contributed by atoms with E-state index in [1.807, 2.05) is 30.0 Å². The predicted octanol–water partition coefficient (Wildman–Crippen LogP) is 2.29. The number of carboxylic acid groups (broad SMARTS) is 1. The van der Waals surface area contributed by atoms with Crippen LogP contribution in [0.4, 0.5) is 0 Å². The van der Waals surface area contributed by atoms with Gasteiger partial charge in [0, 0.05) is 25.1 Å². The Hall–Kier alpha value is -2.70. The van der Waals surface area contributed by atoms with Crippen molar-refractivity contribution in [1.82, 2.24) is 19.7 Å². The fraction of sp³-hybridized carbons (Fsp3) is 0.444. The number of nitrogens with zero attached hydrogens (tertiary/aromatic N) is 4. The standard InChI is InChI=1S/C18H22N4O3/c1-13-9-15(5-6-16(13)22-12-19-11-20-22)18(25)21-8-2-3-14(10-21)4-7-17(23)24/h5-6,9,11-12,14H,2-4,7-8,10H2,1H3,(H,23,24)/t14-/m0/s1. The topological polar surface area (TPSA) is 88.3 Å². The van der Waals surface area contributed by atoms with Crippen molar-refractivity contribution < 1.29 is 14.7 Å². The lowest BCUT2D eigenvalue weighted by Crippen LogP contribution is -2.40. The summed E-state index contributed by atoms with van der Waals surface area (Å²) in [6.07, 6.45) is 5.81. The van der Waals surface area contributed by atoms with Gasteiger partial charge in [-0.3, -0.25) is 9.59 Å². The molecule has 0 bridgehead atoms. The molecule has 0 aliphatic carbocycles. The fourth-order valence-electron chi connectivity index (χ4n) is 3.37. The number of hydrogen-bond donors (Lipinski definition) is 1. The quantitative estimate of drug-likeness (QED) is 0.900. The van der Waals surface area contributed by atoms with Crippen LogP contribution in [0, 0.1) is 12.8 Å². The normalized spacial score (nSPS) is 17.5. The Morgan fingerprint density at radius 1 is 1.36 bits per heavy atom. The van der Waals surface area contributed by atoms with Crippen LogP contribution in [0.5, 0.6) is 0 Å². The maximum atomic E-state index is 12.8. The molecular weight excluding hydrogens is 320 g/mol. The molecule has 132 valence electrons. The van der Waals surface area contributed by atoms with E-state index in [0.717, 1.165) is 30.6 Å². The third-order valence-corrected chi connectivity index (χ3v) is 4.68. The molecule has 1 amide bonds. The maximum absolute atomic E-state index is 12.8. The minimum atomic E-state index is -0.775. The lowest BCUT2D eigenvalue weighted by molar-refractivity contribution is -0.137. The molecule has 2 aromatic rings. The number of piperidine rings is 1. The summed E-state index contributed by atoms with van der Waals surface area (Å²) in [4.78, 5) is 29.4. The average molecular weight is 342 g/mol. The molecule has 1 aromatic carbocycles. The number of aromatic nitrogens is 3. The Morgan fingerprint density at radius 3 is 2.88 bits per heavy atom. The number of rotatable bonds is 5. The van der Waals surface area contributed by atoms with E-state index in [4.69, 9.17) is 5.11 Å². The van der Waals surface area contributed by atoms with Crippen LogP contribution < -0.4 is 0 Å². The summed E-state index contributed by atoms with van der Waals surface area (Å²) in [5, 5.41) is 13.0. The van der Waals surface area contributed by atoms with Crippen LogP contribution in [0.1, 0.15) is 41.6 Å². The van der Waals surface area contributed by atoms with Crippen LogP contribution >= 0.6 is 0 Å². The van der Waals surface area contributed by atoms with Gasteiger partial charge in [0.05, 0.1) is 5.69 Å². The highest BCUT2D eigenvalue weighted by Gasteiger charge is 2.25. The van der Waals surface area contributed by atoms with E-state index in [0.29, 0.717) is 18.5 Å². The number of carboxylic acids is 1. The van der Waals surface area contributed by atoms with E-state index in [1.54, 1.807) is 11.0 Å². The van der Waals surface area contributed by atoms with Crippen molar-refractivity contribution in [2.75, 3.05) is 13.1 Å². The van der Waals surface area contributed by atoms with E-state index in [-0.39, 0.29) is 18.2 Å². The first-order chi connectivity index (χ1) is 12.0. The number of benzene rings is 1. The van der Waals surface area contributed by atoms with Crippen LogP contribution in [0.2, 0.25) is 0 Å². The molecule has 1 saturated heterocycles. The number of likely N-dealkylation sites (tertiary alicyclic amines) is 1. The van der Waals surface area contributed by atoms with Crippen molar-refractivity contribution in [1.29, 1.82) is 0 Å². The molecule has 2 heterocycles. The summed E-state index contributed by atoms with van der Waals surface area (Å²) in [5.74, 6) is -0.500. The van der Waals surface area contributed by atoms with E-state index < -0.39 is 5.97 Å². The number of aliphatic carboxylic acids is 1. The van der Waals surface area contributed by atoms with Gasteiger partial charge in [-0.25, -0.2) is 9.67 Å². The van der Waals surface area contributed by atoms with E-state index in [1.165, 1.54) is 6.33 Å². The fourth-order valence-corrected chi connectivity index (χ4v) is 3.37. The van der Waals surface area contributed by atoms with Crippen molar-refractivity contribution in [3.05, 3.63) is 42.0 Å². The first-order valence-electron chi connectivity index (χ1n) is 8.51. The largest absolute Gasteiger partial charge is 0.481 e. The van der Waals surface area contributed by atoms with Gasteiger partial charge >= 0.3 is 5.97 Å². The van der Waals surface area contributed by atoms with Crippen LogP contribution in [-0.2, 0) is 4.79 Å². The van der Waals surface area contributed by atoms with Gasteiger partial charge in [-0.1, -0.05) is 0 Å². The molecule has 1 fully saturated rings. The van der Waals surface area contributed by atoms with Crippen molar-refractivity contribution in [3.8, 4) is 5.69 Å². The van der Waals surface area contributed by atoms with E-state index >= 15 is 0 Å². The number of hydrogen-bond acceptors (Lipinski definition) is 4. The summed E-state index contributed by atoms with van der Waals surface area (Å²) in [7, 11) is 0. The van der Waals surface area contributed by atoms with Crippen molar-refractivity contribution in [2.45, 2.75) is 32.6 Å². The Balaban J connectivity index is 1.70. The molecular formula is C18H22N4O3. The smallest absolute Gasteiger partial charge is 0.303 e. The molecule has 1 atom stereocenters. The Kier molecular flexibility index (Phi) is 5.11. The number of aryl methyl sites for hydroxylation is 1. The van der Waals surface area contributed by atoms with E-state index in [2.05, 4.69) is 10.1 Å². The highest BCUT2D eigenvalue weighted by molar-refractivity contribution is 5.94. The summed E-state index contributed by atoms with van der Waals surface area (Å²) < 4.78 is 1.67. The second-order valence-corrected chi connectivity index (χ2v) is 6.53. The number of carbonyl (C=O) groups is 2. The molecule has 1 aliphatic rings. The van der Waals surface area contributed by atoms with Gasteiger partial charge in [0.2, 0.25) is 0 Å². The van der Waals surface area contributed by atoms with Gasteiger partial charge in [0.1, 0.15) is 12.7 Å². The maximum Gasteiger partial charge on any atom is 0.303 e.